The number of morpholine rings is 1. The molecule has 0 aromatic heterocycles. The van der Waals surface area contributed by atoms with Crippen molar-refractivity contribution in [2.45, 2.75) is 50.2 Å². The van der Waals surface area contributed by atoms with Gasteiger partial charge < -0.3 is 4.74 Å². The molecule has 3 atom stereocenters. The van der Waals surface area contributed by atoms with Gasteiger partial charge in [-0.3, -0.25) is 4.90 Å². The van der Waals surface area contributed by atoms with Gasteiger partial charge in [-0.1, -0.05) is 22.0 Å². The lowest BCUT2D eigenvalue weighted by Gasteiger charge is -2.56. The van der Waals surface area contributed by atoms with Crippen LogP contribution < -0.4 is 0 Å². The highest BCUT2D eigenvalue weighted by Gasteiger charge is 2.45. The molecule has 4 rings (SSSR count). The van der Waals surface area contributed by atoms with E-state index < -0.39 is 0 Å². The first kappa shape index (κ1) is 12.4. The maximum absolute atomic E-state index is 5.61. The molecule has 1 aromatic rings. The molecule has 2 heterocycles. The van der Waals surface area contributed by atoms with E-state index in [9.17, 15) is 0 Å². The van der Waals surface area contributed by atoms with Crippen LogP contribution in [0.1, 0.15) is 30.4 Å². The number of fused-ring (bicyclic) bond motifs is 3. The lowest BCUT2D eigenvalue weighted by Crippen LogP contribution is -2.66. The van der Waals surface area contributed by atoms with Crippen molar-refractivity contribution in [3.8, 4) is 0 Å². The first-order valence-corrected chi connectivity index (χ1v) is 8.23. The van der Waals surface area contributed by atoms with Gasteiger partial charge in [0.1, 0.15) is 0 Å². The molecule has 0 amide bonds. The number of aryl methyl sites for hydroxylation is 2. The Morgan fingerprint density at radius 1 is 1.00 bits per heavy atom. The predicted molar refractivity (Wildman–Crippen MR) is 79.4 cm³/mol. The van der Waals surface area contributed by atoms with Gasteiger partial charge in [0, 0.05) is 22.6 Å². The zero-order valence-electron chi connectivity index (χ0n) is 11.1. The van der Waals surface area contributed by atoms with E-state index in [1.54, 1.807) is 11.1 Å². The second-order valence-corrected chi connectivity index (χ2v) is 7.09. The van der Waals surface area contributed by atoms with Gasteiger partial charge in [0.15, 0.2) is 0 Å². The van der Waals surface area contributed by atoms with Crippen molar-refractivity contribution in [3.63, 3.8) is 0 Å². The van der Waals surface area contributed by atoms with Gasteiger partial charge in [0.2, 0.25) is 0 Å². The number of rotatable bonds is 1. The predicted octanol–water partition coefficient (Wildman–Crippen LogP) is 3.17. The number of ether oxygens (including phenoxy) is 1. The largest absolute Gasteiger partial charge is 0.378 e. The van der Waals surface area contributed by atoms with Crippen LogP contribution >= 0.6 is 15.9 Å². The van der Waals surface area contributed by atoms with E-state index in [-0.39, 0.29) is 0 Å². The van der Waals surface area contributed by atoms with Crippen LogP contribution in [0.3, 0.4) is 0 Å². The second kappa shape index (κ2) is 4.87. The average molecular weight is 322 g/mol. The maximum Gasteiger partial charge on any atom is 0.0623 e. The molecule has 0 radical (unpaired) electrons. The van der Waals surface area contributed by atoms with Crippen LogP contribution in [0.15, 0.2) is 22.7 Å². The van der Waals surface area contributed by atoms with Crippen molar-refractivity contribution < 1.29 is 4.74 Å². The molecule has 19 heavy (non-hydrogen) atoms. The fourth-order valence-corrected chi connectivity index (χ4v) is 4.53. The van der Waals surface area contributed by atoms with Gasteiger partial charge in [-0.25, -0.2) is 0 Å². The zero-order valence-corrected chi connectivity index (χ0v) is 12.7. The number of nitrogens with zero attached hydrogens (tertiary/aromatic N) is 1. The number of benzene rings is 1. The summed E-state index contributed by atoms with van der Waals surface area (Å²) in [5, 5.41) is 0. The molecule has 3 aliphatic rings. The SMILES string of the molecule is Brc1ccc2c(c1)CC[C@@H](N1C3COCC1C3)CC2. The van der Waals surface area contributed by atoms with E-state index in [4.69, 9.17) is 4.74 Å². The van der Waals surface area contributed by atoms with Crippen LogP contribution in [0.25, 0.3) is 0 Å². The molecular formula is C16H20BrNO. The molecule has 0 spiro atoms. The Labute approximate surface area is 123 Å². The van der Waals surface area contributed by atoms with E-state index in [1.807, 2.05) is 0 Å². The highest BCUT2D eigenvalue weighted by atomic mass is 79.9. The smallest absolute Gasteiger partial charge is 0.0623 e. The van der Waals surface area contributed by atoms with Gasteiger partial charge in [-0.15, -0.1) is 0 Å². The lowest BCUT2D eigenvalue weighted by molar-refractivity contribution is -0.148. The minimum absolute atomic E-state index is 0.719. The van der Waals surface area contributed by atoms with E-state index >= 15 is 0 Å². The molecule has 2 aliphatic heterocycles. The fraction of sp³-hybridized carbons (Fsp3) is 0.625. The molecule has 0 N–H and O–H groups in total. The second-order valence-electron chi connectivity index (χ2n) is 6.17. The van der Waals surface area contributed by atoms with Crippen molar-refractivity contribution in [3.05, 3.63) is 33.8 Å². The summed E-state index contributed by atoms with van der Waals surface area (Å²) in [4.78, 5) is 2.77. The minimum atomic E-state index is 0.719. The van der Waals surface area contributed by atoms with E-state index in [0.29, 0.717) is 0 Å². The molecule has 1 aliphatic carbocycles. The fourth-order valence-electron chi connectivity index (χ4n) is 4.12. The summed E-state index contributed by atoms with van der Waals surface area (Å²) in [5.74, 6) is 0. The third kappa shape index (κ3) is 2.16. The van der Waals surface area contributed by atoms with Gasteiger partial charge in [0.05, 0.1) is 13.2 Å². The molecule has 2 saturated heterocycles. The summed E-state index contributed by atoms with van der Waals surface area (Å²) in [6.45, 7) is 1.93. The van der Waals surface area contributed by atoms with Crippen molar-refractivity contribution in [1.29, 1.82) is 0 Å². The highest BCUT2D eigenvalue weighted by molar-refractivity contribution is 9.10. The minimum Gasteiger partial charge on any atom is -0.378 e. The van der Waals surface area contributed by atoms with Crippen LogP contribution in [0.4, 0.5) is 0 Å². The molecule has 2 nitrogen and oxygen atoms in total. The number of hydrogen-bond donors (Lipinski definition) is 0. The standard InChI is InChI=1S/C16H20BrNO/c17-13-4-1-11-2-5-14(6-3-12(11)7-13)18-15-8-16(18)10-19-9-15/h1,4,7,14-16H,2-3,5-6,8-10H2/t14-,15?,16?/m0/s1. The van der Waals surface area contributed by atoms with Gasteiger partial charge >= 0.3 is 0 Å². The molecule has 1 aromatic carbocycles. The summed E-state index contributed by atoms with van der Waals surface area (Å²) in [7, 11) is 0. The number of halogens is 1. The summed E-state index contributed by atoms with van der Waals surface area (Å²) in [6.07, 6.45) is 6.48. The van der Waals surface area contributed by atoms with E-state index in [1.165, 1.54) is 36.6 Å². The average Bonchev–Trinajstić information content (AvgIpc) is 2.62. The normalized spacial score (nSPS) is 34.3. The van der Waals surface area contributed by atoms with Crippen LogP contribution in [0.5, 0.6) is 0 Å². The molecule has 0 saturated carbocycles. The molecule has 2 unspecified atom stereocenters. The van der Waals surface area contributed by atoms with Gasteiger partial charge in [-0.2, -0.15) is 0 Å². The topological polar surface area (TPSA) is 12.5 Å². The highest BCUT2D eigenvalue weighted by Crippen LogP contribution is 2.37. The van der Waals surface area contributed by atoms with Crippen LogP contribution in [-0.2, 0) is 17.6 Å². The quantitative estimate of drug-likeness (QED) is 0.737. The first-order chi connectivity index (χ1) is 9.31. The molecular weight excluding hydrogens is 302 g/mol. The van der Waals surface area contributed by atoms with Crippen molar-refractivity contribution in [2.75, 3.05) is 13.2 Å². The molecule has 2 bridgehead atoms. The maximum atomic E-state index is 5.61. The summed E-state index contributed by atoms with van der Waals surface area (Å²) < 4.78 is 6.83. The lowest BCUT2D eigenvalue weighted by atomic mass is 9.87. The Bertz CT molecular complexity index is 476. The zero-order chi connectivity index (χ0) is 12.8. The summed E-state index contributed by atoms with van der Waals surface area (Å²) in [6, 6.07) is 9.03. The van der Waals surface area contributed by atoms with Gasteiger partial charge in [0.25, 0.3) is 0 Å². The third-order valence-corrected chi connectivity index (χ3v) is 5.58. The van der Waals surface area contributed by atoms with Crippen molar-refractivity contribution in [2.24, 2.45) is 0 Å². The number of hydrogen-bond acceptors (Lipinski definition) is 2. The molecule has 102 valence electrons. The molecule has 2 fully saturated rings. The van der Waals surface area contributed by atoms with Crippen LogP contribution in [-0.4, -0.2) is 36.2 Å². The van der Waals surface area contributed by atoms with Crippen LogP contribution in [0.2, 0.25) is 0 Å². The van der Waals surface area contributed by atoms with E-state index in [0.717, 1.165) is 31.3 Å². The van der Waals surface area contributed by atoms with Crippen LogP contribution in [0, 0.1) is 0 Å². The van der Waals surface area contributed by atoms with Gasteiger partial charge in [-0.05, 0) is 55.4 Å². The van der Waals surface area contributed by atoms with Crippen molar-refractivity contribution >= 4 is 15.9 Å². The summed E-state index contributed by atoms with van der Waals surface area (Å²) >= 11 is 3.60. The van der Waals surface area contributed by atoms with Crippen molar-refractivity contribution in [1.82, 2.24) is 4.90 Å². The Kier molecular flexibility index (Phi) is 3.17. The Hall–Kier alpha value is -0.380. The van der Waals surface area contributed by atoms with E-state index in [2.05, 4.69) is 39.0 Å². The molecule has 3 heteroatoms. The Balaban J connectivity index is 1.51. The Morgan fingerprint density at radius 2 is 1.74 bits per heavy atom. The monoisotopic (exact) mass is 321 g/mol. The Morgan fingerprint density at radius 3 is 2.47 bits per heavy atom. The third-order valence-electron chi connectivity index (χ3n) is 5.09. The first-order valence-electron chi connectivity index (χ1n) is 7.44. The summed E-state index contributed by atoms with van der Waals surface area (Å²) in [5.41, 5.74) is 3.12.